The first-order chi connectivity index (χ1) is 9.36. The number of carbonyl (C=O) groups excluding carboxylic acids is 1. The molecule has 1 N–H and O–H groups in total. The summed E-state index contributed by atoms with van der Waals surface area (Å²) in [6, 6.07) is 5.23. The summed E-state index contributed by atoms with van der Waals surface area (Å²) >= 11 is 0. The fourth-order valence-electron chi connectivity index (χ4n) is 1.61. The Labute approximate surface area is 116 Å². The number of carbonyl (C=O) groups is 1. The van der Waals surface area contributed by atoms with E-state index in [2.05, 4.69) is 10.3 Å². The molecular formula is C15H26N2O2. The van der Waals surface area contributed by atoms with E-state index in [0.29, 0.717) is 5.69 Å². The summed E-state index contributed by atoms with van der Waals surface area (Å²) < 4.78 is 5.34. The van der Waals surface area contributed by atoms with Crippen LogP contribution in [0.3, 0.4) is 0 Å². The third kappa shape index (κ3) is 6.91. The molecule has 0 bridgehead atoms. The number of ether oxygens (including phenoxy) is 1. The Morgan fingerprint density at radius 2 is 1.84 bits per heavy atom. The number of pyridine rings is 1. The lowest BCUT2D eigenvalue weighted by atomic mass is 10.1. The molecule has 1 aliphatic rings. The molecule has 4 nitrogen and oxygen atoms in total. The fourth-order valence-corrected chi connectivity index (χ4v) is 1.61. The number of nitrogens with zero attached hydrogens (tertiary/aromatic N) is 1. The van der Waals surface area contributed by atoms with Crippen LogP contribution in [0.2, 0.25) is 0 Å². The average molecular weight is 266 g/mol. The van der Waals surface area contributed by atoms with E-state index >= 15 is 0 Å². The van der Waals surface area contributed by atoms with Gasteiger partial charge in [-0.15, -0.1) is 0 Å². The van der Waals surface area contributed by atoms with Gasteiger partial charge in [0.2, 0.25) is 0 Å². The molecule has 4 heteroatoms. The smallest absolute Gasteiger partial charge is 0.357 e. The summed E-state index contributed by atoms with van der Waals surface area (Å²) in [4.78, 5) is 15.6. The first-order valence-electron chi connectivity index (χ1n) is 7.19. The van der Waals surface area contributed by atoms with Crippen molar-refractivity contribution >= 4 is 5.97 Å². The second-order valence-corrected chi connectivity index (χ2v) is 3.57. The van der Waals surface area contributed by atoms with Crippen LogP contribution in [0.1, 0.15) is 51.0 Å². The molecule has 0 atom stereocenters. The van der Waals surface area contributed by atoms with Gasteiger partial charge in [0.15, 0.2) is 0 Å². The monoisotopic (exact) mass is 266 g/mol. The second kappa shape index (κ2) is 11.7. The third-order valence-corrected chi connectivity index (χ3v) is 2.43. The van der Waals surface area contributed by atoms with Crippen LogP contribution in [0.15, 0.2) is 24.4 Å². The van der Waals surface area contributed by atoms with Gasteiger partial charge in [-0.05, 0) is 38.1 Å². The lowest BCUT2D eigenvalue weighted by Gasteiger charge is -2.22. The molecule has 0 aliphatic carbocycles. The van der Waals surface area contributed by atoms with Crippen molar-refractivity contribution in [2.45, 2.75) is 46.6 Å². The molecular weight excluding hydrogens is 240 g/mol. The summed E-state index contributed by atoms with van der Waals surface area (Å²) in [5.74, 6) is -0.317. The lowest BCUT2D eigenvalue weighted by molar-refractivity contribution is 0.0223. The van der Waals surface area contributed by atoms with E-state index in [1.54, 1.807) is 24.4 Å². The van der Waals surface area contributed by atoms with Gasteiger partial charge < -0.3 is 10.1 Å². The first kappa shape index (κ1) is 17.6. The van der Waals surface area contributed by atoms with E-state index < -0.39 is 0 Å². The number of piperidine rings is 1. The van der Waals surface area contributed by atoms with E-state index in [-0.39, 0.29) is 12.1 Å². The highest BCUT2D eigenvalue weighted by Gasteiger charge is 2.18. The fraction of sp³-hybridized carbons (Fsp3) is 0.600. The normalized spacial score (nSPS) is 14.3. The van der Waals surface area contributed by atoms with Crippen LogP contribution in [0.25, 0.3) is 0 Å². The van der Waals surface area contributed by atoms with E-state index in [1.807, 2.05) is 27.7 Å². The van der Waals surface area contributed by atoms with Crippen molar-refractivity contribution < 1.29 is 9.53 Å². The van der Waals surface area contributed by atoms with Crippen molar-refractivity contribution in [3.05, 3.63) is 30.1 Å². The van der Waals surface area contributed by atoms with Crippen molar-refractivity contribution in [2.75, 3.05) is 13.1 Å². The predicted octanol–water partition coefficient (Wildman–Crippen LogP) is 3.04. The minimum atomic E-state index is -0.317. The number of aromatic nitrogens is 1. The SMILES string of the molecule is CC.CC.O=C(OC1CCNCC1)c1ccccn1. The standard InChI is InChI=1S/C11H14N2O2.2C2H6/c14-11(10-3-1-2-6-13-10)15-9-4-7-12-8-5-9;2*1-2/h1-3,6,9,12H,4-5,7-8H2;2*1-2H3. The number of hydrogen-bond donors (Lipinski definition) is 1. The minimum Gasteiger partial charge on any atom is -0.458 e. The summed E-state index contributed by atoms with van der Waals surface area (Å²) in [6.45, 7) is 9.83. The van der Waals surface area contributed by atoms with Gasteiger partial charge >= 0.3 is 5.97 Å². The van der Waals surface area contributed by atoms with Crippen LogP contribution in [0.4, 0.5) is 0 Å². The third-order valence-electron chi connectivity index (χ3n) is 2.43. The van der Waals surface area contributed by atoms with Crippen LogP contribution < -0.4 is 5.32 Å². The van der Waals surface area contributed by atoms with Gasteiger partial charge in [-0.2, -0.15) is 0 Å². The molecule has 0 spiro atoms. The number of rotatable bonds is 2. The zero-order valence-corrected chi connectivity index (χ0v) is 12.5. The maximum absolute atomic E-state index is 11.6. The van der Waals surface area contributed by atoms with E-state index in [4.69, 9.17) is 4.74 Å². The molecule has 0 aromatic carbocycles. The Bertz CT molecular complexity index is 322. The van der Waals surface area contributed by atoms with E-state index in [0.717, 1.165) is 25.9 Å². The zero-order valence-electron chi connectivity index (χ0n) is 12.5. The maximum Gasteiger partial charge on any atom is 0.357 e. The largest absolute Gasteiger partial charge is 0.458 e. The zero-order chi connectivity index (χ0) is 14.5. The number of nitrogens with one attached hydrogen (secondary N) is 1. The topological polar surface area (TPSA) is 51.2 Å². The summed E-state index contributed by atoms with van der Waals surface area (Å²) in [7, 11) is 0. The molecule has 0 unspecified atom stereocenters. The molecule has 2 rings (SSSR count). The number of esters is 1. The lowest BCUT2D eigenvalue weighted by Crippen LogP contribution is -2.33. The Morgan fingerprint density at radius 3 is 2.37 bits per heavy atom. The van der Waals surface area contributed by atoms with Gasteiger partial charge in [0.1, 0.15) is 11.8 Å². The molecule has 1 aromatic rings. The van der Waals surface area contributed by atoms with Crippen molar-refractivity contribution in [3.63, 3.8) is 0 Å². The van der Waals surface area contributed by atoms with Gasteiger partial charge in [-0.3, -0.25) is 0 Å². The maximum atomic E-state index is 11.6. The molecule has 2 heterocycles. The Morgan fingerprint density at radius 1 is 1.21 bits per heavy atom. The van der Waals surface area contributed by atoms with Crippen molar-refractivity contribution in [2.24, 2.45) is 0 Å². The van der Waals surface area contributed by atoms with Crippen molar-refractivity contribution in [3.8, 4) is 0 Å². The van der Waals surface area contributed by atoms with Gasteiger partial charge in [0, 0.05) is 6.20 Å². The average Bonchev–Trinajstić information content (AvgIpc) is 2.53. The van der Waals surface area contributed by atoms with Crippen LogP contribution in [-0.2, 0) is 4.74 Å². The highest BCUT2D eigenvalue weighted by atomic mass is 16.5. The predicted molar refractivity (Wildman–Crippen MR) is 78.2 cm³/mol. The highest BCUT2D eigenvalue weighted by molar-refractivity contribution is 5.87. The van der Waals surface area contributed by atoms with Gasteiger partial charge in [-0.25, -0.2) is 9.78 Å². The molecule has 0 saturated carbocycles. The van der Waals surface area contributed by atoms with Crippen LogP contribution in [0, 0.1) is 0 Å². The quantitative estimate of drug-likeness (QED) is 0.836. The van der Waals surface area contributed by atoms with Gasteiger partial charge in [0.05, 0.1) is 0 Å². The molecule has 1 aromatic heterocycles. The Hall–Kier alpha value is -1.42. The summed E-state index contributed by atoms with van der Waals surface area (Å²) in [5.41, 5.74) is 0.385. The Balaban J connectivity index is 0.000000741. The summed E-state index contributed by atoms with van der Waals surface area (Å²) in [5, 5.41) is 3.22. The summed E-state index contributed by atoms with van der Waals surface area (Å²) in [6.07, 6.45) is 3.41. The second-order valence-electron chi connectivity index (χ2n) is 3.57. The van der Waals surface area contributed by atoms with E-state index in [1.165, 1.54) is 0 Å². The number of hydrogen-bond acceptors (Lipinski definition) is 4. The molecule has 0 amide bonds. The first-order valence-corrected chi connectivity index (χ1v) is 7.19. The molecule has 1 aliphatic heterocycles. The van der Waals surface area contributed by atoms with Crippen LogP contribution in [-0.4, -0.2) is 30.1 Å². The van der Waals surface area contributed by atoms with Crippen molar-refractivity contribution in [1.82, 2.24) is 10.3 Å². The molecule has 1 saturated heterocycles. The van der Waals surface area contributed by atoms with Crippen LogP contribution in [0.5, 0.6) is 0 Å². The van der Waals surface area contributed by atoms with E-state index in [9.17, 15) is 4.79 Å². The highest BCUT2D eigenvalue weighted by Crippen LogP contribution is 2.09. The van der Waals surface area contributed by atoms with Gasteiger partial charge in [-0.1, -0.05) is 33.8 Å². The van der Waals surface area contributed by atoms with Crippen molar-refractivity contribution in [1.29, 1.82) is 0 Å². The minimum absolute atomic E-state index is 0.0424. The molecule has 108 valence electrons. The molecule has 1 fully saturated rings. The molecule has 0 radical (unpaired) electrons. The Kier molecular flexibility index (Phi) is 10.8. The molecule has 19 heavy (non-hydrogen) atoms. The van der Waals surface area contributed by atoms with Crippen LogP contribution >= 0.6 is 0 Å². The van der Waals surface area contributed by atoms with Gasteiger partial charge in [0.25, 0.3) is 0 Å².